The molecule has 0 atom stereocenters. The second kappa shape index (κ2) is 5.61. The predicted molar refractivity (Wildman–Crippen MR) is 80.3 cm³/mol. The zero-order valence-corrected chi connectivity index (χ0v) is 13.0. The Balaban J connectivity index is 2.75. The van der Waals surface area contributed by atoms with Crippen LogP contribution in [-0.2, 0) is 0 Å². The van der Waals surface area contributed by atoms with Crippen molar-refractivity contribution in [2.45, 2.75) is 0 Å². The van der Waals surface area contributed by atoms with E-state index in [9.17, 15) is 15.2 Å². The molecule has 0 saturated heterocycles. The van der Waals surface area contributed by atoms with Gasteiger partial charge in [-0.1, -0.05) is 12.1 Å². The molecule has 0 unspecified atom stereocenters. The van der Waals surface area contributed by atoms with Gasteiger partial charge in [-0.25, -0.2) is 0 Å². The summed E-state index contributed by atoms with van der Waals surface area (Å²) in [7, 11) is 0. The number of nitrogens with zero attached hydrogens (tertiary/aromatic N) is 2. The molecule has 0 fully saturated rings. The van der Waals surface area contributed by atoms with Crippen LogP contribution in [0.4, 0.5) is 5.69 Å². The highest BCUT2D eigenvalue weighted by Gasteiger charge is 2.25. The van der Waals surface area contributed by atoms with Crippen molar-refractivity contribution < 1.29 is 10.0 Å². The minimum atomic E-state index is -0.567. The van der Waals surface area contributed by atoms with Crippen LogP contribution in [0.5, 0.6) is 5.75 Å². The van der Waals surface area contributed by atoms with Crippen molar-refractivity contribution in [2.24, 2.45) is 0 Å². The molecule has 100 valence electrons. The third kappa shape index (κ3) is 2.53. The summed E-state index contributed by atoms with van der Waals surface area (Å²) in [6.45, 7) is 0. The van der Waals surface area contributed by atoms with Gasteiger partial charge in [-0.05, 0) is 55.6 Å². The second-order valence-corrected chi connectivity index (χ2v) is 5.51. The van der Waals surface area contributed by atoms with Crippen LogP contribution in [-0.4, -0.2) is 10.0 Å². The third-order valence-corrected chi connectivity index (χ3v) is 4.62. The van der Waals surface area contributed by atoms with E-state index in [1.165, 1.54) is 18.2 Å². The number of hydrogen-bond donors (Lipinski definition) is 1. The van der Waals surface area contributed by atoms with E-state index in [4.69, 9.17) is 5.26 Å². The van der Waals surface area contributed by atoms with Crippen molar-refractivity contribution in [3.8, 4) is 22.9 Å². The Morgan fingerprint density at radius 3 is 2.35 bits per heavy atom. The van der Waals surface area contributed by atoms with Crippen LogP contribution in [0.25, 0.3) is 11.1 Å². The fraction of sp³-hybridized carbons (Fsp3) is 0. The normalized spacial score (nSPS) is 10.1. The first-order chi connectivity index (χ1) is 9.45. The zero-order chi connectivity index (χ0) is 14.9. The maximum Gasteiger partial charge on any atom is 0.296 e. The van der Waals surface area contributed by atoms with Crippen molar-refractivity contribution in [3.63, 3.8) is 0 Å². The zero-order valence-electron chi connectivity index (χ0n) is 9.80. The number of benzene rings is 2. The molecule has 0 amide bonds. The van der Waals surface area contributed by atoms with E-state index in [0.29, 0.717) is 15.6 Å². The number of phenolic OH excluding ortho intramolecular Hbond substituents is 1. The smallest absolute Gasteiger partial charge is 0.296 e. The molecule has 0 aliphatic heterocycles. The summed E-state index contributed by atoms with van der Waals surface area (Å²) in [5, 5.41) is 30.0. The van der Waals surface area contributed by atoms with Gasteiger partial charge in [-0.3, -0.25) is 10.1 Å². The summed E-state index contributed by atoms with van der Waals surface area (Å²) in [4.78, 5) is 10.7. The third-order valence-electron chi connectivity index (χ3n) is 2.66. The van der Waals surface area contributed by atoms with E-state index in [2.05, 4.69) is 31.9 Å². The highest BCUT2D eigenvalue weighted by Crippen LogP contribution is 2.45. The van der Waals surface area contributed by atoms with Crippen LogP contribution in [0.2, 0.25) is 0 Å². The quantitative estimate of drug-likeness (QED) is 0.602. The molecular weight excluding hydrogens is 392 g/mol. The van der Waals surface area contributed by atoms with Crippen molar-refractivity contribution in [3.05, 3.63) is 55.0 Å². The van der Waals surface area contributed by atoms with Crippen molar-refractivity contribution in [1.29, 1.82) is 5.26 Å². The summed E-state index contributed by atoms with van der Waals surface area (Å²) in [5.41, 5.74) is 0.768. The number of nitro groups is 1. The van der Waals surface area contributed by atoms with Crippen LogP contribution in [0, 0.1) is 21.4 Å². The van der Waals surface area contributed by atoms with Gasteiger partial charge in [0.15, 0.2) is 0 Å². The van der Waals surface area contributed by atoms with Gasteiger partial charge in [0.1, 0.15) is 15.8 Å². The highest BCUT2D eigenvalue weighted by molar-refractivity contribution is 9.13. The number of phenols is 1. The molecule has 20 heavy (non-hydrogen) atoms. The Kier molecular flexibility index (Phi) is 4.06. The first-order valence-electron chi connectivity index (χ1n) is 5.31. The lowest BCUT2D eigenvalue weighted by Gasteiger charge is -2.09. The van der Waals surface area contributed by atoms with Crippen LogP contribution in [0.1, 0.15) is 5.56 Å². The van der Waals surface area contributed by atoms with E-state index < -0.39 is 4.92 Å². The van der Waals surface area contributed by atoms with Gasteiger partial charge in [-0.15, -0.1) is 0 Å². The molecule has 1 N–H and O–H groups in total. The fourth-order valence-corrected chi connectivity index (χ4v) is 2.63. The predicted octanol–water partition coefficient (Wildman–Crippen LogP) is 4.36. The Labute approximate surface area is 130 Å². The van der Waals surface area contributed by atoms with Gasteiger partial charge in [0.2, 0.25) is 0 Å². The first kappa shape index (κ1) is 14.5. The van der Waals surface area contributed by atoms with Crippen molar-refractivity contribution in [1.82, 2.24) is 0 Å². The Morgan fingerprint density at radius 2 is 1.85 bits per heavy atom. The maximum absolute atomic E-state index is 11.2. The molecule has 0 saturated carbocycles. The van der Waals surface area contributed by atoms with Crippen LogP contribution >= 0.6 is 31.9 Å². The van der Waals surface area contributed by atoms with Gasteiger partial charge in [0.25, 0.3) is 5.69 Å². The maximum atomic E-state index is 11.2. The molecule has 5 nitrogen and oxygen atoms in total. The van der Waals surface area contributed by atoms with Crippen LogP contribution in [0.3, 0.4) is 0 Å². The highest BCUT2D eigenvalue weighted by atomic mass is 79.9. The van der Waals surface area contributed by atoms with Crippen LogP contribution < -0.4 is 0 Å². The number of aromatic hydroxyl groups is 1. The van der Waals surface area contributed by atoms with E-state index in [-0.39, 0.29) is 21.5 Å². The van der Waals surface area contributed by atoms with E-state index in [1.807, 2.05) is 6.07 Å². The largest absolute Gasteiger partial charge is 0.507 e. The monoisotopic (exact) mass is 396 g/mol. The van der Waals surface area contributed by atoms with E-state index >= 15 is 0 Å². The summed E-state index contributed by atoms with van der Waals surface area (Å²) >= 11 is 6.28. The first-order valence-corrected chi connectivity index (χ1v) is 6.90. The van der Waals surface area contributed by atoms with Crippen molar-refractivity contribution in [2.75, 3.05) is 0 Å². The average molecular weight is 398 g/mol. The van der Waals surface area contributed by atoms with E-state index in [0.717, 1.165) is 0 Å². The van der Waals surface area contributed by atoms with E-state index in [1.54, 1.807) is 12.1 Å². The SMILES string of the molecule is N#Cc1ccc(-c2c(O)cc(Br)c(Br)c2[N+](=O)[O-])cc1. The summed E-state index contributed by atoms with van der Waals surface area (Å²) in [6.07, 6.45) is 0. The summed E-state index contributed by atoms with van der Waals surface area (Å²) in [6, 6.07) is 9.53. The Bertz CT molecular complexity index is 737. The fourth-order valence-electron chi connectivity index (χ4n) is 1.77. The molecule has 0 aliphatic rings. The van der Waals surface area contributed by atoms with Crippen molar-refractivity contribution >= 4 is 37.5 Å². The van der Waals surface area contributed by atoms with Gasteiger partial charge in [0, 0.05) is 4.47 Å². The number of nitriles is 1. The molecule has 0 aliphatic carbocycles. The minimum absolute atomic E-state index is 0.106. The molecule has 0 aromatic heterocycles. The Hall–Kier alpha value is -1.91. The number of halogens is 2. The molecule has 2 aromatic rings. The summed E-state index contributed by atoms with van der Waals surface area (Å²) in [5.74, 6) is -0.212. The lowest BCUT2D eigenvalue weighted by atomic mass is 10.0. The van der Waals surface area contributed by atoms with Gasteiger partial charge in [0.05, 0.1) is 16.6 Å². The molecular formula is C13H6Br2N2O3. The molecule has 2 rings (SSSR count). The minimum Gasteiger partial charge on any atom is -0.507 e. The van der Waals surface area contributed by atoms with Gasteiger partial charge >= 0.3 is 0 Å². The lowest BCUT2D eigenvalue weighted by molar-refractivity contribution is -0.385. The summed E-state index contributed by atoms with van der Waals surface area (Å²) < 4.78 is 0.638. The standard InChI is InChI=1S/C13H6Br2N2O3/c14-9-5-10(18)11(13(12(9)15)17(19)20)8-3-1-7(6-16)2-4-8/h1-5,18H. The second-order valence-electron chi connectivity index (χ2n) is 3.86. The molecule has 7 heteroatoms. The van der Waals surface area contributed by atoms with Crippen LogP contribution in [0.15, 0.2) is 39.3 Å². The van der Waals surface area contributed by atoms with Gasteiger partial charge in [-0.2, -0.15) is 5.26 Å². The number of nitro benzene ring substituents is 1. The Morgan fingerprint density at radius 1 is 1.25 bits per heavy atom. The lowest BCUT2D eigenvalue weighted by Crippen LogP contribution is -1.95. The molecule has 0 bridgehead atoms. The molecule has 0 heterocycles. The topological polar surface area (TPSA) is 87.2 Å². The average Bonchev–Trinajstić information content (AvgIpc) is 2.42. The number of rotatable bonds is 2. The number of hydrogen-bond acceptors (Lipinski definition) is 4. The molecule has 0 spiro atoms. The van der Waals surface area contributed by atoms with Gasteiger partial charge < -0.3 is 5.11 Å². The molecule has 0 radical (unpaired) electrons. The molecule has 2 aromatic carbocycles.